The molecule has 0 aromatic heterocycles. The van der Waals surface area contributed by atoms with Gasteiger partial charge in [0.15, 0.2) is 6.61 Å². The van der Waals surface area contributed by atoms with Crippen molar-refractivity contribution >= 4 is 11.6 Å². The van der Waals surface area contributed by atoms with Gasteiger partial charge in [-0.05, 0) is 49.2 Å². The van der Waals surface area contributed by atoms with Crippen molar-refractivity contribution in [3.05, 3.63) is 60.2 Å². The van der Waals surface area contributed by atoms with Crippen molar-refractivity contribution < 1.29 is 9.53 Å². The van der Waals surface area contributed by atoms with Crippen LogP contribution in [0, 0.1) is 11.3 Å². The van der Waals surface area contributed by atoms with Crippen molar-refractivity contribution in [1.82, 2.24) is 4.90 Å². The van der Waals surface area contributed by atoms with Crippen LogP contribution in [-0.2, 0) is 11.3 Å². The van der Waals surface area contributed by atoms with Crippen LogP contribution in [-0.4, -0.2) is 30.0 Å². The molecular weight excluding hydrogens is 314 g/mol. The fourth-order valence-electron chi connectivity index (χ4n) is 3.11. The van der Waals surface area contributed by atoms with Gasteiger partial charge in [0.05, 0.1) is 6.04 Å². The molecule has 2 aromatic rings. The maximum atomic E-state index is 12.6. The van der Waals surface area contributed by atoms with E-state index in [1.807, 2.05) is 24.3 Å². The molecule has 1 aliphatic heterocycles. The first-order valence-corrected chi connectivity index (χ1v) is 8.45. The second kappa shape index (κ2) is 8.32. The first kappa shape index (κ1) is 17.0. The molecular formula is C20H21N3O2. The molecule has 1 fully saturated rings. The Balaban J connectivity index is 1.59. The number of carbonyl (C=O) groups is 1. The Morgan fingerprint density at radius 3 is 2.68 bits per heavy atom. The van der Waals surface area contributed by atoms with E-state index in [9.17, 15) is 4.79 Å². The van der Waals surface area contributed by atoms with Gasteiger partial charge in [0, 0.05) is 12.2 Å². The van der Waals surface area contributed by atoms with Gasteiger partial charge in [0.2, 0.25) is 5.91 Å². The number of hydrogen-bond acceptors (Lipinski definition) is 4. The highest BCUT2D eigenvalue weighted by atomic mass is 16.5. The lowest BCUT2D eigenvalue weighted by atomic mass is 10.1. The summed E-state index contributed by atoms with van der Waals surface area (Å²) in [5, 5.41) is 11.5. The van der Waals surface area contributed by atoms with Gasteiger partial charge >= 0.3 is 0 Å². The van der Waals surface area contributed by atoms with Gasteiger partial charge in [-0.2, -0.15) is 5.26 Å². The Morgan fingerprint density at radius 2 is 1.96 bits per heavy atom. The highest BCUT2D eigenvalue weighted by molar-refractivity contribution is 5.95. The third-order valence-corrected chi connectivity index (χ3v) is 4.32. The van der Waals surface area contributed by atoms with Gasteiger partial charge in [-0.3, -0.25) is 9.69 Å². The van der Waals surface area contributed by atoms with Crippen molar-refractivity contribution in [2.45, 2.75) is 25.4 Å². The molecule has 3 rings (SSSR count). The van der Waals surface area contributed by atoms with Crippen LogP contribution >= 0.6 is 0 Å². The van der Waals surface area contributed by atoms with Gasteiger partial charge in [-0.1, -0.05) is 30.3 Å². The van der Waals surface area contributed by atoms with Crippen LogP contribution in [0.15, 0.2) is 54.6 Å². The number of anilines is 1. The van der Waals surface area contributed by atoms with E-state index in [0.29, 0.717) is 5.75 Å². The van der Waals surface area contributed by atoms with E-state index < -0.39 is 0 Å². The second-order valence-corrected chi connectivity index (χ2v) is 6.07. The van der Waals surface area contributed by atoms with Gasteiger partial charge in [0.1, 0.15) is 11.8 Å². The summed E-state index contributed by atoms with van der Waals surface area (Å²) in [6.45, 7) is 1.75. The number of ether oxygens (including phenoxy) is 1. The Hall–Kier alpha value is -2.84. The van der Waals surface area contributed by atoms with E-state index in [-0.39, 0.29) is 18.6 Å². The van der Waals surface area contributed by atoms with Crippen LogP contribution in [0.2, 0.25) is 0 Å². The van der Waals surface area contributed by atoms with Crippen molar-refractivity contribution in [2.24, 2.45) is 0 Å². The van der Waals surface area contributed by atoms with Gasteiger partial charge < -0.3 is 10.1 Å². The third-order valence-electron chi connectivity index (χ3n) is 4.32. The molecule has 5 heteroatoms. The standard InChI is InChI=1S/C20H21N3O2/c21-12-14-25-18-10-8-17(9-11-18)22-20(24)19-7-4-13-23(19)15-16-5-2-1-3-6-16/h1-3,5-6,8-11,19H,4,7,13-15H2,(H,22,24). The molecule has 1 atom stereocenters. The minimum absolute atomic E-state index is 0.0161. The van der Waals surface area contributed by atoms with Crippen molar-refractivity contribution in [1.29, 1.82) is 5.26 Å². The largest absolute Gasteiger partial charge is 0.479 e. The molecule has 1 heterocycles. The smallest absolute Gasteiger partial charge is 0.241 e. The van der Waals surface area contributed by atoms with Gasteiger partial charge in [0.25, 0.3) is 0 Å². The second-order valence-electron chi connectivity index (χ2n) is 6.07. The van der Waals surface area contributed by atoms with Gasteiger partial charge in [-0.15, -0.1) is 0 Å². The van der Waals surface area contributed by atoms with E-state index in [2.05, 4.69) is 22.3 Å². The number of carbonyl (C=O) groups excluding carboxylic acids is 1. The van der Waals surface area contributed by atoms with Crippen LogP contribution in [0.1, 0.15) is 18.4 Å². The highest BCUT2D eigenvalue weighted by Crippen LogP contribution is 2.22. The fraction of sp³-hybridized carbons (Fsp3) is 0.300. The van der Waals surface area contributed by atoms with E-state index in [4.69, 9.17) is 10.00 Å². The SMILES string of the molecule is N#CCOc1ccc(NC(=O)C2CCCN2Cc2ccccc2)cc1. The number of benzene rings is 2. The number of nitrogens with one attached hydrogen (secondary N) is 1. The lowest BCUT2D eigenvalue weighted by Gasteiger charge is -2.23. The minimum atomic E-state index is -0.102. The predicted molar refractivity (Wildman–Crippen MR) is 96.1 cm³/mol. The van der Waals surface area contributed by atoms with Gasteiger partial charge in [-0.25, -0.2) is 0 Å². The first-order valence-electron chi connectivity index (χ1n) is 8.45. The van der Waals surface area contributed by atoms with Crippen LogP contribution in [0.4, 0.5) is 5.69 Å². The predicted octanol–water partition coefficient (Wildman–Crippen LogP) is 3.19. The molecule has 2 aromatic carbocycles. The Labute approximate surface area is 147 Å². The Kier molecular flexibility index (Phi) is 5.65. The van der Waals surface area contributed by atoms with Crippen LogP contribution in [0.25, 0.3) is 0 Å². The van der Waals surface area contributed by atoms with E-state index >= 15 is 0 Å². The topological polar surface area (TPSA) is 65.4 Å². The monoisotopic (exact) mass is 335 g/mol. The summed E-state index contributed by atoms with van der Waals surface area (Å²) in [5.41, 5.74) is 1.96. The third kappa shape index (κ3) is 4.59. The normalized spacial score (nSPS) is 17.0. The van der Waals surface area contributed by atoms with Crippen molar-refractivity contribution in [3.63, 3.8) is 0 Å². The zero-order valence-corrected chi connectivity index (χ0v) is 14.0. The molecule has 1 aliphatic rings. The fourth-order valence-corrected chi connectivity index (χ4v) is 3.11. The molecule has 0 radical (unpaired) electrons. The number of nitriles is 1. The average molecular weight is 335 g/mol. The number of amides is 1. The molecule has 0 spiro atoms. The van der Waals surface area contributed by atoms with Crippen LogP contribution in [0.3, 0.4) is 0 Å². The minimum Gasteiger partial charge on any atom is -0.479 e. The van der Waals surface area contributed by atoms with Crippen molar-refractivity contribution in [3.8, 4) is 11.8 Å². The molecule has 128 valence electrons. The summed E-state index contributed by atoms with van der Waals surface area (Å²) < 4.78 is 5.22. The summed E-state index contributed by atoms with van der Waals surface area (Å²) in [7, 11) is 0. The molecule has 1 amide bonds. The number of likely N-dealkylation sites (tertiary alicyclic amines) is 1. The maximum absolute atomic E-state index is 12.6. The van der Waals surface area contributed by atoms with Crippen LogP contribution < -0.4 is 10.1 Å². The summed E-state index contributed by atoms with van der Waals surface area (Å²) in [5.74, 6) is 0.644. The summed E-state index contributed by atoms with van der Waals surface area (Å²) in [6.07, 6.45) is 1.91. The average Bonchev–Trinajstić information content (AvgIpc) is 3.10. The zero-order chi connectivity index (χ0) is 17.5. The number of hydrogen-bond donors (Lipinski definition) is 1. The van der Waals surface area contributed by atoms with E-state index in [1.54, 1.807) is 24.3 Å². The number of rotatable bonds is 6. The lowest BCUT2D eigenvalue weighted by molar-refractivity contribution is -0.120. The molecule has 0 aliphatic carbocycles. The molecule has 1 unspecified atom stereocenters. The molecule has 25 heavy (non-hydrogen) atoms. The first-order chi connectivity index (χ1) is 12.3. The summed E-state index contributed by atoms with van der Waals surface area (Å²) >= 11 is 0. The highest BCUT2D eigenvalue weighted by Gasteiger charge is 2.30. The molecule has 1 N–H and O–H groups in total. The molecule has 5 nitrogen and oxygen atoms in total. The van der Waals surface area contributed by atoms with Crippen molar-refractivity contribution in [2.75, 3.05) is 18.5 Å². The maximum Gasteiger partial charge on any atom is 0.241 e. The lowest BCUT2D eigenvalue weighted by Crippen LogP contribution is -2.39. The summed E-state index contributed by atoms with van der Waals surface area (Å²) in [4.78, 5) is 14.9. The molecule has 0 saturated carbocycles. The molecule has 0 bridgehead atoms. The quantitative estimate of drug-likeness (QED) is 0.880. The number of nitrogens with zero attached hydrogens (tertiary/aromatic N) is 2. The zero-order valence-electron chi connectivity index (χ0n) is 14.0. The Morgan fingerprint density at radius 1 is 1.20 bits per heavy atom. The summed E-state index contributed by atoms with van der Waals surface area (Å²) in [6, 6.07) is 19.1. The molecule has 1 saturated heterocycles. The van der Waals surface area contributed by atoms with Crippen LogP contribution in [0.5, 0.6) is 5.75 Å². The van der Waals surface area contributed by atoms with E-state index in [1.165, 1.54) is 5.56 Å². The Bertz CT molecular complexity index is 738. The van der Waals surface area contributed by atoms with E-state index in [0.717, 1.165) is 31.6 Å².